The van der Waals surface area contributed by atoms with Gasteiger partial charge in [0.25, 0.3) is 0 Å². The molecule has 9 heteroatoms. The van der Waals surface area contributed by atoms with Crippen molar-refractivity contribution in [3.8, 4) is 10.6 Å². The van der Waals surface area contributed by atoms with Crippen LogP contribution in [0.4, 0.5) is 0 Å². The number of aromatic nitrogens is 1. The van der Waals surface area contributed by atoms with Gasteiger partial charge >= 0.3 is 0 Å². The molecule has 0 radical (unpaired) electrons. The van der Waals surface area contributed by atoms with Gasteiger partial charge in [-0.3, -0.25) is 4.79 Å². The molecule has 1 fully saturated rings. The summed E-state index contributed by atoms with van der Waals surface area (Å²) < 4.78 is 27.8. The third-order valence-corrected chi connectivity index (χ3v) is 8.94. The van der Waals surface area contributed by atoms with E-state index < -0.39 is 10.0 Å². The summed E-state index contributed by atoms with van der Waals surface area (Å²) in [6.45, 7) is 3.14. The van der Waals surface area contributed by atoms with Crippen LogP contribution in [0.1, 0.15) is 24.1 Å². The van der Waals surface area contributed by atoms with Crippen molar-refractivity contribution < 1.29 is 13.2 Å². The summed E-state index contributed by atoms with van der Waals surface area (Å²) in [6.07, 6.45) is 1.50. The van der Waals surface area contributed by atoms with Gasteiger partial charge in [0, 0.05) is 30.1 Å². The number of rotatable bonds is 6. The first-order valence-corrected chi connectivity index (χ1v) is 13.0. The number of hydrogen-bond acceptors (Lipinski definition) is 6. The highest BCUT2D eigenvalue weighted by Gasteiger charge is 2.27. The second-order valence-corrected chi connectivity index (χ2v) is 11.1. The average Bonchev–Trinajstić information content (AvgIpc) is 3.41. The first kappa shape index (κ1) is 21.2. The molecular formula is C21H23N3O3S3. The molecule has 3 aromatic rings. The van der Waals surface area contributed by atoms with E-state index in [1.165, 1.54) is 16.9 Å². The van der Waals surface area contributed by atoms with Gasteiger partial charge in [-0.05, 0) is 37.3 Å². The maximum atomic E-state index is 12.7. The predicted octanol–water partition coefficient (Wildman–Crippen LogP) is 3.69. The van der Waals surface area contributed by atoms with E-state index in [2.05, 4.69) is 15.8 Å². The molecule has 1 saturated heterocycles. The highest BCUT2D eigenvalue weighted by atomic mass is 32.2. The lowest BCUT2D eigenvalue weighted by Crippen LogP contribution is -2.46. The molecule has 0 bridgehead atoms. The molecule has 0 spiro atoms. The summed E-state index contributed by atoms with van der Waals surface area (Å²) in [5, 5.41) is 4.61. The fraction of sp³-hybridized carbons (Fsp3) is 0.333. The highest BCUT2D eigenvalue weighted by molar-refractivity contribution is 7.91. The standard InChI is InChI=1S/C21H23N3O3S3/c1-15-4-2-5-16(12-15)21-22-18(14-29-21)13-19(25)24-9-7-17(8-10-24)23-30(26,27)20-6-3-11-28-20/h2-6,11-12,14,17,23H,7-10,13H2,1H3. The molecule has 0 aliphatic carbocycles. The fourth-order valence-corrected chi connectivity index (χ4v) is 6.64. The van der Waals surface area contributed by atoms with Crippen LogP contribution in [0.15, 0.2) is 51.4 Å². The van der Waals surface area contributed by atoms with Gasteiger partial charge in [-0.15, -0.1) is 22.7 Å². The van der Waals surface area contributed by atoms with E-state index in [1.807, 2.05) is 35.4 Å². The van der Waals surface area contributed by atoms with E-state index in [-0.39, 0.29) is 18.4 Å². The van der Waals surface area contributed by atoms with Crippen molar-refractivity contribution in [2.24, 2.45) is 0 Å². The van der Waals surface area contributed by atoms with Crippen LogP contribution in [0.2, 0.25) is 0 Å². The summed E-state index contributed by atoms with van der Waals surface area (Å²) in [5.41, 5.74) is 3.03. The summed E-state index contributed by atoms with van der Waals surface area (Å²) in [5.74, 6) is 0.0376. The Balaban J connectivity index is 1.31. The topological polar surface area (TPSA) is 79.4 Å². The third-order valence-electron chi connectivity index (χ3n) is 5.08. The molecule has 1 amide bonds. The highest BCUT2D eigenvalue weighted by Crippen LogP contribution is 2.25. The smallest absolute Gasteiger partial charge is 0.250 e. The Hall–Kier alpha value is -2.07. The Morgan fingerprint density at radius 1 is 1.20 bits per heavy atom. The summed E-state index contributed by atoms with van der Waals surface area (Å²) >= 11 is 2.75. The number of likely N-dealkylation sites (tertiary alicyclic amines) is 1. The largest absolute Gasteiger partial charge is 0.342 e. The van der Waals surface area contributed by atoms with Crippen molar-refractivity contribution in [2.75, 3.05) is 13.1 Å². The van der Waals surface area contributed by atoms with Gasteiger partial charge in [0.15, 0.2) is 0 Å². The minimum absolute atomic E-state index is 0.0376. The van der Waals surface area contributed by atoms with Gasteiger partial charge in [0.2, 0.25) is 15.9 Å². The van der Waals surface area contributed by atoms with E-state index in [4.69, 9.17) is 0 Å². The maximum absolute atomic E-state index is 12.7. The van der Waals surface area contributed by atoms with Gasteiger partial charge in [-0.25, -0.2) is 18.1 Å². The normalized spacial score (nSPS) is 15.4. The molecule has 3 heterocycles. The van der Waals surface area contributed by atoms with Crippen molar-refractivity contribution in [1.29, 1.82) is 0 Å². The zero-order valence-corrected chi connectivity index (χ0v) is 19.0. The molecule has 1 aliphatic heterocycles. The Labute approximate surface area is 184 Å². The number of sulfonamides is 1. The zero-order chi connectivity index (χ0) is 21.1. The average molecular weight is 462 g/mol. The number of hydrogen-bond donors (Lipinski definition) is 1. The van der Waals surface area contributed by atoms with E-state index >= 15 is 0 Å². The molecule has 0 atom stereocenters. The van der Waals surface area contributed by atoms with Gasteiger partial charge in [0.05, 0.1) is 12.1 Å². The minimum Gasteiger partial charge on any atom is -0.342 e. The second-order valence-electron chi connectivity index (χ2n) is 7.40. The molecule has 0 unspecified atom stereocenters. The van der Waals surface area contributed by atoms with E-state index in [1.54, 1.807) is 28.8 Å². The Bertz CT molecular complexity index is 1120. The molecule has 1 aliphatic rings. The van der Waals surface area contributed by atoms with E-state index in [0.717, 1.165) is 16.3 Å². The molecule has 158 valence electrons. The number of nitrogens with one attached hydrogen (secondary N) is 1. The zero-order valence-electron chi connectivity index (χ0n) is 16.6. The summed E-state index contributed by atoms with van der Waals surface area (Å²) in [4.78, 5) is 19.1. The Kier molecular flexibility index (Phi) is 6.33. The van der Waals surface area contributed by atoms with Crippen molar-refractivity contribution in [3.63, 3.8) is 0 Å². The van der Waals surface area contributed by atoms with Gasteiger partial charge in [0.1, 0.15) is 9.22 Å². The lowest BCUT2D eigenvalue weighted by Gasteiger charge is -2.32. The van der Waals surface area contributed by atoms with Gasteiger partial charge in [-0.1, -0.05) is 29.8 Å². The SMILES string of the molecule is Cc1cccc(-c2nc(CC(=O)N3CCC(NS(=O)(=O)c4cccs4)CC3)cs2)c1. The maximum Gasteiger partial charge on any atom is 0.250 e. The molecule has 1 aromatic carbocycles. The lowest BCUT2D eigenvalue weighted by molar-refractivity contribution is -0.131. The van der Waals surface area contributed by atoms with Crippen LogP contribution in [-0.4, -0.2) is 43.3 Å². The lowest BCUT2D eigenvalue weighted by atomic mass is 10.1. The molecule has 6 nitrogen and oxygen atoms in total. The van der Waals surface area contributed by atoms with E-state index in [9.17, 15) is 13.2 Å². The number of nitrogens with zero attached hydrogens (tertiary/aromatic N) is 2. The van der Waals surface area contributed by atoms with Crippen LogP contribution in [0.25, 0.3) is 10.6 Å². The molecule has 4 rings (SSSR count). The van der Waals surface area contributed by atoms with E-state index in [0.29, 0.717) is 30.1 Å². The number of thiophene rings is 1. The van der Waals surface area contributed by atoms with Crippen molar-refractivity contribution in [3.05, 3.63) is 58.4 Å². The third kappa shape index (κ3) is 4.97. The number of piperidine rings is 1. The number of benzene rings is 1. The van der Waals surface area contributed by atoms with Crippen LogP contribution in [0.5, 0.6) is 0 Å². The quantitative estimate of drug-likeness (QED) is 0.607. The van der Waals surface area contributed by atoms with Crippen molar-refractivity contribution in [1.82, 2.24) is 14.6 Å². The number of carbonyl (C=O) groups is 1. The van der Waals surface area contributed by atoms with Crippen LogP contribution in [0, 0.1) is 6.92 Å². The number of thiazole rings is 1. The number of aryl methyl sites for hydroxylation is 1. The molecule has 30 heavy (non-hydrogen) atoms. The molecule has 0 saturated carbocycles. The van der Waals surface area contributed by atoms with Crippen LogP contribution >= 0.6 is 22.7 Å². The molecular weight excluding hydrogens is 438 g/mol. The van der Waals surface area contributed by atoms with Crippen LogP contribution in [0.3, 0.4) is 0 Å². The number of carbonyl (C=O) groups excluding carboxylic acids is 1. The first-order valence-electron chi connectivity index (χ1n) is 9.76. The summed E-state index contributed by atoms with van der Waals surface area (Å²) in [6, 6.07) is 11.4. The first-order chi connectivity index (χ1) is 14.4. The fourth-order valence-electron chi connectivity index (χ4n) is 3.51. The molecule has 2 aromatic heterocycles. The molecule has 1 N–H and O–H groups in total. The van der Waals surface area contributed by atoms with Crippen molar-refractivity contribution in [2.45, 2.75) is 36.4 Å². The Morgan fingerprint density at radius 3 is 2.70 bits per heavy atom. The second kappa shape index (κ2) is 8.97. The van der Waals surface area contributed by atoms with Crippen LogP contribution < -0.4 is 4.72 Å². The van der Waals surface area contributed by atoms with Crippen molar-refractivity contribution >= 4 is 38.6 Å². The Morgan fingerprint density at radius 2 is 2.00 bits per heavy atom. The van der Waals surface area contributed by atoms with Gasteiger partial charge < -0.3 is 4.90 Å². The predicted molar refractivity (Wildman–Crippen MR) is 120 cm³/mol. The monoisotopic (exact) mass is 461 g/mol. The summed E-state index contributed by atoms with van der Waals surface area (Å²) in [7, 11) is -3.47. The van der Waals surface area contributed by atoms with Crippen LogP contribution in [-0.2, 0) is 21.2 Å². The minimum atomic E-state index is -3.47. The van der Waals surface area contributed by atoms with Gasteiger partial charge in [-0.2, -0.15) is 0 Å². The number of amides is 1.